The molecule has 88 valence electrons. The van der Waals surface area contributed by atoms with Crippen molar-refractivity contribution in [1.82, 2.24) is 20.4 Å². The van der Waals surface area contributed by atoms with Gasteiger partial charge in [-0.25, -0.2) is 0 Å². The molecule has 16 heavy (non-hydrogen) atoms. The smallest absolute Gasteiger partial charge is 0.283 e. The maximum atomic E-state index is 11.7. The first-order valence-corrected chi connectivity index (χ1v) is 5.69. The summed E-state index contributed by atoms with van der Waals surface area (Å²) in [6.45, 7) is 5.88. The van der Waals surface area contributed by atoms with Gasteiger partial charge in [-0.15, -0.1) is 5.10 Å². The molecule has 1 aromatic heterocycles. The van der Waals surface area contributed by atoms with Crippen LogP contribution in [0.5, 0.6) is 0 Å². The number of hydrogen-bond acceptors (Lipinski definition) is 5. The summed E-state index contributed by atoms with van der Waals surface area (Å²) < 4.78 is 3.78. The minimum absolute atomic E-state index is 0.00290. The molecule has 0 unspecified atom stereocenters. The summed E-state index contributed by atoms with van der Waals surface area (Å²) in [5.41, 5.74) is 10.4. The third-order valence-electron chi connectivity index (χ3n) is 1.70. The van der Waals surface area contributed by atoms with Crippen molar-refractivity contribution in [2.75, 3.05) is 0 Å². The zero-order valence-corrected chi connectivity index (χ0v) is 10.8. The Balaban J connectivity index is 2.84. The molecule has 1 rings (SSSR count). The molecule has 0 aromatic carbocycles. The van der Waals surface area contributed by atoms with E-state index in [1.165, 1.54) is 0 Å². The Kier molecular flexibility index (Phi) is 3.76. The van der Waals surface area contributed by atoms with E-state index in [2.05, 4.69) is 32.7 Å². The predicted octanol–water partition coefficient (Wildman–Crippen LogP) is 0.314. The van der Waals surface area contributed by atoms with Crippen LogP contribution in [0.2, 0.25) is 0 Å². The van der Waals surface area contributed by atoms with Gasteiger partial charge in [-0.3, -0.25) is 15.6 Å². The molecule has 0 aliphatic carbocycles. The molecular formula is C8H13N5OS2. The van der Waals surface area contributed by atoms with Gasteiger partial charge in [0.15, 0.2) is 5.11 Å². The summed E-state index contributed by atoms with van der Waals surface area (Å²) in [5.74, 6) is -0.340. The Labute approximate surface area is 103 Å². The number of nitrogens with one attached hydrogen (secondary N) is 2. The van der Waals surface area contributed by atoms with Gasteiger partial charge in [-0.2, -0.15) is 0 Å². The summed E-state index contributed by atoms with van der Waals surface area (Å²) in [6, 6.07) is 0. The van der Waals surface area contributed by atoms with Crippen LogP contribution in [-0.4, -0.2) is 20.6 Å². The molecule has 1 amide bonds. The monoisotopic (exact) mass is 259 g/mol. The predicted molar refractivity (Wildman–Crippen MR) is 66.0 cm³/mol. The minimum atomic E-state index is -0.340. The van der Waals surface area contributed by atoms with Crippen LogP contribution < -0.4 is 16.6 Å². The SMILES string of the molecule is CC(C)(C)c1nnsc1C(=O)NNC(N)=S. The van der Waals surface area contributed by atoms with Crippen molar-refractivity contribution in [3.63, 3.8) is 0 Å². The van der Waals surface area contributed by atoms with Crippen LogP contribution in [0.4, 0.5) is 0 Å². The van der Waals surface area contributed by atoms with Crippen LogP contribution in [0.15, 0.2) is 0 Å². The molecule has 0 atom stereocenters. The zero-order valence-electron chi connectivity index (χ0n) is 9.20. The van der Waals surface area contributed by atoms with Gasteiger partial charge in [-0.1, -0.05) is 25.3 Å². The molecule has 0 saturated carbocycles. The maximum absolute atomic E-state index is 11.7. The van der Waals surface area contributed by atoms with Gasteiger partial charge in [-0.05, 0) is 23.8 Å². The first-order chi connectivity index (χ1) is 7.32. The van der Waals surface area contributed by atoms with E-state index >= 15 is 0 Å². The van der Waals surface area contributed by atoms with Crippen LogP contribution in [0.25, 0.3) is 0 Å². The lowest BCUT2D eigenvalue weighted by Gasteiger charge is -2.16. The second-order valence-corrected chi connectivity index (χ2v) is 5.34. The van der Waals surface area contributed by atoms with Crippen molar-refractivity contribution in [2.45, 2.75) is 26.2 Å². The van der Waals surface area contributed by atoms with Crippen LogP contribution >= 0.6 is 23.8 Å². The molecule has 0 radical (unpaired) electrons. The summed E-state index contributed by atoms with van der Waals surface area (Å²) in [5, 5.41) is 3.95. The van der Waals surface area contributed by atoms with E-state index in [0.717, 1.165) is 11.5 Å². The molecule has 0 aliphatic rings. The first-order valence-electron chi connectivity index (χ1n) is 4.51. The van der Waals surface area contributed by atoms with Crippen molar-refractivity contribution in [3.8, 4) is 0 Å². The number of carbonyl (C=O) groups excluding carboxylic acids is 1. The third kappa shape index (κ3) is 3.11. The second-order valence-electron chi connectivity index (χ2n) is 4.14. The standard InChI is InChI=1S/C8H13N5OS2/c1-8(2,3)5-4(16-13-10-5)6(14)11-12-7(9)15/h1-3H3,(H,11,14)(H3,9,12,15). The second kappa shape index (κ2) is 4.71. The fourth-order valence-electron chi connectivity index (χ4n) is 1.01. The van der Waals surface area contributed by atoms with Gasteiger partial charge in [0.05, 0.1) is 5.69 Å². The summed E-state index contributed by atoms with van der Waals surface area (Å²) >= 11 is 5.61. The molecule has 6 nitrogen and oxygen atoms in total. The molecule has 8 heteroatoms. The number of hydrogen-bond donors (Lipinski definition) is 3. The van der Waals surface area contributed by atoms with Crippen LogP contribution in [0, 0.1) is 0 Å². The highest BCUT2D eigenvalue weighted by atomic mass is 32.1. The Morgan fingerprint density at radius 1 is 1.44 bits per heavy atom. The van der Waals surface area contributed by atoms with Crippen LogP contribution in [-0.2, 0) is 5.41 Å². The highest BCUT2D eigenvalue weighted by Crippen LogP contribution is 2.25. The Morgan fingerprint density at radius 3 is 2.56 bits per heavy atom. The average Bonchev–Trinajstić information content (AvgIpc) is 2.61. The summed E-state index contributed by atoms with van der Waals surface area (Å²) in [4.78, 5) is 12.2. The molecule has 0 fully saturated rings. The van der Waals surface area contributed by atoms with Crippen molar-refractivity contribution < 1.29 is 4.79 Å². The summed E-state index contributed by atoms with van der Waals surface area (Å²) in [7, 11) is 0. The number of rotatable bonds is 1. The first kappa shape index (κ1) is 12.8. The lowest BCUT2D eigenvalue weighted by molar-refractivity contribution is 0.0945. The van der Waals surface area contributed by atoms with Crippen molar-refractivity contribution in [1.29, 1.82) is 0 Å². The average molecular weight is 259 g/mol. The fourth-order valence-corrected chi connectivity index (χ4v) is 1.83. The van der Waals surface area contributed by atoms with Gasteiger partial charge in [0.25, 0.3) is 5.91 Å². The molecule has 0 spiro atoms. The van der Waals surface area contributed by atoms with Crippen LogP contribution in [0.3, 0.4) is 0 Å². The largest absolute Gasteiger partial charge is 0.375 e. The highest BCUT2D eigenvalue weighted by Gasteiger charge is 2.26. The van der Waals surface area contributed by atoms with E-state index in [0.29, 0.717) is 10.6 Å². The zero-order chi connectivity index (χ0) is 12.3. The van der Waals surface area contributed by atoms with Crippen molar-refractivity contribution >= 4 is 34.8 Å². The van der Waals surface area contributed by atoms with E-state index in [9.17, 15) is 4.79 Å². The minimum Gasteiger partial charge on any atom is -0.375 e. The Bertz CT molecular complexity index is 409. The fraction of sp³-hybridized carbons (Fsp3) is 0.500. The number of carbonyl (C=O) groups is 1. The number of nitrogens with two attached hydrogens (primary N) is 1. The van der Waals surface area contributed by atoms with Crippen molar-refractivity contribution in [2.24, 2.45) is 5.73 Å². The maximum Gasteiger partial charge on any atom is 0.283 e. The molecule has 4 N–H and O–H groups in total. The number of thiocarbonyl (C=S) groups is 1. The topological polar surface area (TPSA) is 92.9 Å². The molecule has 1 heterocycles. The van der Waals surface area contributed by atoms with E-state index in [1.54, 1.807) is 0 Å². The number of amides is 1. The van der Waals surface area contributed by atoms with E-state index in [-0.39, 0.29) is 16.4 Å². The lowest BCUT2D eigenvalue weighted by Crippen LogP contribution is -2.44. The quantitative estimate of drug-likeness (QED) is 0.496. The molecule has 0 aliphatic heterocycles. The molecule has 0 saturated heterocycles. The van der Waals surface area contributed by atoms with Gasteiger partial charge in [0.1, 0.15) is 4.88 Å². The van der Waals surface area contributed by atoms with Crippen LogP contribution in [0.1, 0.15) is 36.1 Å². The van der Waals surface area contributed by atoms with Gasteiger partial charge in [0.2, 0.25) is 0 Å². The van der Waals surface area contributed by atoms with Crippen molar-refractivity contribution in [3.05, 3.63) is 10.6 Å². The van der Waals surface area contributed by atoms with Gasteiger partial charge >= 0.3 is 0 Å². The molecular weight excluding hydrogens is 246 g/mol. The molecule has 1 aromatic rings. The van der Waals surface area contributed by atoms with E-state index in [4.69, 9.17) is 5.73 Å². The Morgan fingerprint density at radius 2 is 2.06 bits per heavy atom. The lowest BCUT2D eigenvalue weighted by atomic mass is 9.91. The van der Waals surface area contributed by atoms with Gasteiger partial charge < -0.3 is 5.73 Å². The highest BCUT2D eigenvalue weighted by molar-refractivity contribution is 7.80. The number of hydrazine groups is 1. The number of nitrogens with zero attached hydrogens (tertiary/aromatic N) is 2. The van der Waals surface area contributed by atoms with E-state index < -0.39 is 0 Å². The Hall–Kier alpha value is -1.28. The number of aromatic nitrogens is 2. The normalized spacial score (nSPS) is 10.9. The third-order valence-corrected chi connectivity index (χ3v) is 2.53. The summed E-state index contributed by atoms with van der Waals surface area (Å²) in [6.07, 6.45) is 0. The molecule has 0 bridgehead atoms. The van der Waals surface area contributed by atoms with Gasteiger partial charge in [0, 0.05) is 5.41 Å². The van der Waals surface area contributed by atoms with E-state index in [1.807, 2.05) is 20.8 Å².